The quantitative estimate of drug-likeness (QED) is 0.152. The molecule has 1 aromatic carbocycles. The molecule has 0 radical (unpaired) electrons. The van der Waals surface area contributed by atoms with Gasteiger partial charge in [0, 0.05) is 18.7 Å². The van der Waals surface area contributed by atoms with Gasteiger partial charge in [0.1, 0.15) is 18.3 Å². The molecule has 1 rings (SSSR count). The zero-order valence-corrected chi connectivity index (χ0v) is 15.1. The average molecular weight is 401 g/mol. The van der Waals surface area contributed by atoms with Gasteiger partial charge in [-0.3, -0.25) is 0 Å². The van der Waals surface area contributed by atoms with Crippen LogP contribution in [0.1, 0.15) is 5.56 Å². The number of aliphatic carboxylic acids is 2. The summed E-state index contributed by atoms with van der Waals surface area (Å²) in [5.74, 6) is -2.51. The van der Waals surface area contributed by atoms with Gasteiger partial charge in [0.25, 0.3) is 0 Å². The average Bonchev–Trinajstić information content (AvgIpc) is 2.69. The van der Waals surface area contributed by atoms with Crippen molar-refractivity contribution in [2.45, 2.75) is 30.8 Å². The first kappa shape index (κ1) is 25.7. The van der Waals surface area contributed by atoms with Crippen molar-refractivity contribution >= 4 is 11.9 Å². The minimum Gasteiger partial charge on any atom is -0.478 e. The Morgan fingerprint density at radius 3 is 1.86 bits per heavy atom. The summed E-state index contributed by atoms with van der Waals surface area (Å²) >= 11 is 0. The van der Waals surface area contributed by atoms with Gasteiger partial charge in [0.2, 0.25) is 0 Å². The van der Waals surface area contributed by atoms with Crippen LogP contribution in [0.15, 0.2) is 42.5 Å². The summed E-state index contributed by atoms with van der Waals surface area (Å²) in [4.78, 5) is 19.1. The highest BCUT2D eigenvalue weighted by molar-refractivity contribution is 5.89. The Labute approximate surface area is 162 Å². The lowest BCUT2D eigenvalue weighted by molar-refractivity contribution is -0.134. The number of hydrogen-bond donors (Lipinski definition) is 8. The van der Waals surface area contributed by atoms with Gasteiger partial charge in [0.15, 0.2) is 0 Å². The van der Waals surface area contributed by atoms with Gasteiger partial charge in [0.05, 0.1) is 12.7 Å². The van der Waals surface area contributed by atoms with Crippen LogP contribution in [0.4, 0.5) is 0 Å². The van der Waals surface area contributed by atoms with Crippen molar-refractivity contribution in [1.82, 2.24) is 5.32 Å². The van der Waals surface area contributed by atoms with Crippen molar-refractivity contribution in [2.75, 3.05) is 19.7 Å². The zero-order chi connectivity index (χ0) is 21.5. The van der Waals surface area contributed by atoms with Crippen LogP contribution in [0, 0.1) is 0 Å². The fraction of sp³-hybridized carbons (Fsp3) is 0.444. The molecule has 0 unspecified atom stereocenters. The maximum Gasteiger partial charge on any atom is 0.328 e. The molecule has 0 aliphatic heterocycles. The molecule has 4 atom stereocenters. The number of carboxylic acids is 2. The van der Waals surface area contributed by atoms with Crippen molar-refractivity contribution in [3.63, 3.8) is 0 Å². The first-order valence-electron chi connectivity index (χ1n) is 8.40. The molecule has 10 nitrogen and oxygen atoms in total. The molecule has 1 aromatic rings. The van der Waals surface area contributed by atoms with Gasteiger partial charge in [-0.15, -0.1) is 0 Å². The highest BCUT2D eigenvalue weighted by Crippen LogP contribution is 2.04. The smallest absolute Gasteiger partial charge is 0.328 e. The SMILES string of the molecule is O=C(O)/C=C/C(=O)O.OC[C@@H](O)[C@@H](O)[C@H](O)[C@@H](O)CNCCc1ccccc1. The molecule has 0 fully saturated rings. The van der Waals surface area contributed by atoms with E-state index in [1.807, 2.05) is 30.3 Å². The Morgan fingerprint density at radius 1 is 0.893 bits per heavy atom. The van der Waals surface area contributed by atoms with E-state index < -0.39 is 43.0 Å². The van der Waals surface area contributed by atoms with Crippen LogP contribution in [-0.2, 0) is 16.0 Å². The molecule has 0 saturated heterocycles. The zero-order valence-electron chi connectivity index (χ0n) is 15.1. The molecule has 0 spiro atoms. The molecule has 0 heterocycles. The Kier molecular flexibility index (Phi) is 13.5. The number of benzene rings is 1. The number of carboxylic acid groups (broad SMARTS) is 2. The first-order chi connectivity index (χ1) is 13.2. The highest BCUT2D eigenvalue weighted by Gasteiger charge is 2.29. The molecular formula is C18H27NO9. The maximum atomic E-state index is 9.66. The number of rotatable bonds is 11. The fourth-order valence-electron chi connectivity index (χ4n) is 1.95. The van der Waals surface area contributed by atoms with Gasteiger partial charge >= 0.3 is 11.9 Å². The Balaban J connectivity index is 0.000000769. The monoisotopic (exact) mass is 401 g/mol. The number of aliphatic hydroxyl groups excluding tert-OH is 5. The van der Waals surface area contributed by atoms with Crippen molar-refractivity contribution in [2.24, 2.45) is 0 Å². The second kappa shape index (κ2) is 14.7. The molecule has 0 saturated carbocycles. The van der Waals surface area contributed by atoms with Crippen LogP contribution in [0.25, 0.3) is 0 Å². The van der Waals surface area contributed by atoms with Crippen molar-refractivity contribution in [3.8, 4) is 0 Å². The van der Waals surface area contributed by atoms with Crippen molar-refractivity contribution in [1.29, 1.82) is 0 Å². The molecule has 0 amide bonds. The Morgan fingerprint density at radius 2 is 1.39 bits per heavy atom. The van der Waals surface area contributed by atoms with Crippen molar-refractivity contribution < 1.29 is 45.3 Å². The lowest BCUT2D eigenvalue weighted by Gasteiger charge is -2.25. The summed E-state index contributed by atoms with van der Waals surface area (Å²) in [5.41, 5.74) is 1.16. The van der Waals surface area contributed by atoms with Crippen LogP contribution in [-0.4, -0.2) is 91.8 Å². The first-order valence-corrected chi connectivity index (χ1v) is 8.40. The number of nitrogens with one attached hydrogen (secondary N) is 1. The van der Waals surface area contributed by atoms with E-state index in [0.717, 1.165) is 12.0 Å². The van der Waals surface area contributed by atoms with Crippen LogP contribution in [0.5, 0.6) is 0 Å². The standard InChI is InChI=1S/C14H23NO5.C4H4O4/c16-9-12(18)14(20)13(19)11(17)8-15-7-6-10-4-2-1-3-5-10;5-3(6)1-2-4(7)8/h1-5,11-20H,6-9H2;1-2H,(H,5,6)(H,7,8)/b;2-1+/t11-,12+,13+,14+;/m0./s1. The molecule has 0 bridgehead atoms. The second-order valence-corrected chi connectivity index (χ2v) is 5.75. The van der Waals surface area contributed by atoms with Gasteiger partial charge in [-0.2, -0.15) is 0 Å². The summed E-state index contributed by atoms with van der Waals surface area (Å²) in [6.07, 6.45) is -3.88. The topological polar surface area (TPSA) is 188 Å². The maximum absolute atomic E-state index is 9.66. The molecule has 8 N–H and O–H groups in total. The molecule has 10 heteroatoms. The van der Waals surface area contributed by atoms with E-state index in [1.165, 1.54) is 0 Å². The van der Waals surface area contributed by atoms with E-state index in [0.29, 0.717) is 18.7 Å². The molecule has 0 aliphatic rings. The fourth-order valence-corrected chi connectivity index (χ4v) is 1.95. The van der Waals surface area contributed by atoms with Crippen molar-refractivity contribution in [3.05, 3.63) is 48.0 Å². The molecule has 158 valence electrons. The minimum absolute atomic E-state index is 0.0865. The van der Waals surface area contributed by atoms with Crippen LogP contribution >= 0.6 is 0 Å². The molecule has 28 heavy (non-hydrogen) atoms. The third-order valence-corrected chi connectivity index (χ3v) is 3.48. The lowest BCUT2D eigenvalue weighted by Crippen LogP contribution is -2.49. The molecule has 0 aromatic heterocycles. The van der Waals surface area contributed by atoms with E-state index >= 15 is 0 Å². The van der Waals surface area contributed by atoms with Gasteiger partial charge in [-0.1, -0.05) is 30.3 Å². The van der Waals surface area contributed by atoms with Crippen LogP contribution < -0.4 is 5.32 Å². The Hall–Kier alpha value is -2.34. The summed E-state index contributed by atoms with van der Waals surface area (Å²) < 4.78 is 0. The summed E-state index contributed by atoms with van der Waals surface area (Å²) in [5, 5.41) is 65.1. The van der Waals surface area contributed by atoms with Gasteiger partial charge in [-0.25, -0.2) is 9.59 Å². The third kappa shape index (κ3) is 12.1. The van der Waals surface area contributed by atoms with E-state index in [1.54, 1.807) is 0 Å². The summed E-state index contributed by atoms with van der Waals surface area (Å²) in [7, 11) is 0. The van der Waals surface area contributed by atoms with Gasteiger partial charge in [-0.05, 0) is 18.5 Å². The summed E-state index contributed by atoms with van der Waals surface area (Å²) in [6, 6.07) is 9.81. The molecular weight excluding hydrogens is 374 g/mol. The number of hydrogen-bond acceptors (Lipinski definition) is 8. The second-order valence-electron chi connectivity index (χ2n) is 5.75. The molecule has 0 aliphatic carbocycles. The van der Waals surface area contributed by atoms with Crippen LogP contribution in [0.2, 0.25) is 0 Å². The van der Waals surface area contributed by atoms with Gasteiger partial charge < -0.3 is 41.1 Å². The predicted molar refractivity (Wildman–Crippen MR) is 98.5 cm³/mol. The normalized spacial score (nSPS) is 15.2. The third-order valence-electron chi connectivity index (χ3n) is 3.48. The van der Waals surface area contributed by atoms with Crippen LogP contribution in [0.3, 0.4) is 0 Å². The number of aliphatic hydroxyl groups is 5. The largest absolute Gasteiger partial charge is 0.478 e. The predicted octanol–water partition coefficient (Wildman–Crippen LogP) is -2.03. The van der Waals surface area contributed by atoms with E-state index in [-0.39, 0.29) is 6.54 Å². The lowest BCUT2D eigenvalue weighted by atomic mass is 10.0. The van der Waals surface area contributed by atoms with E-state index in [9.17, 15) is 30.0 Å². The Bertz CT molecular complexity index is 578. The minimum atomic E-state index is -1.58. The number of carbonyl (C=O) groups is 2. The van der Waals surface area contributed by atoms with E-state index in [2.05, 4.69) is 5.32 Å². The summed E-state index contributed by atoms with van der Waals surface area (Å²) in [6.45, 7) is 0.0298. The highest BCUT2D eigenvalue weighted by atomic mass is 16.4. The van der Waals surface area contributed by atoms with E-state index in [4.69, 9.17) is 15.3 Å².